The first-order valence-electron chi connectivity index (χ1n) is 8.65. The maximum absolute atomic E-state index is 13.2. The van der Waals surface area contributed by atoms with Crippen LogP contribution in [-0.2, 0) is 26.4 Å². The summed E-state index contributed by atoms with van der Waals surface area (Å²) in [6.07, 6.45) is 2.72. The third-order valence-electron chi connectivity index (χ3n) is 4.76. The highest BCUT2D eigenvalue weighted by Gasteiger charge is 2.31. The molecule has 0 bridgehead atoms. The second-order valence-corrected chi connectivity index (χ2v) is 10.8. The molecule has 0 N–H and O–H groups in total. The van der Waals surface area contributed by atoms with Gasteiger partial charge in [-0.1, -0.05) is 0 Å². The predicted molar refractivity (Wildman–Crippen MR) is 102 cm³/mol. The van der Waals surface area contributed by atoms with Gasteiger partial charge in [-0.15, -0.1) is 0 Å². The van der Waals surface area contributed by atoms with E-state index < -0.39 is 19.9 Å². The lowest BCUT2D eigenvalue weighted by Gasteiger charge is -2.33. The average Bonchev–Trinajstić information content (AvgIpc) is 3.09. The van der Waals surface area contributed by atoms with Crippen LogP contribution in [0.3, 0.4) is 0 Å². The van der Waals surface area contributed by atoms with Crippen LogP contribution in [0.2, 0.25) is 0 Å². The molecule has 1 aliphatic heterocycles. The van der Waals surface area contributed by atoms with Crippen molar-refractivity contribution >= 4 is 19.9 Å². The summed E-state index contributed by atoms with van der Waals surface area (Å²) in [5, 5.41) is 0. The molecule has 0 spiro atoms. The summed E-state index contributed by atoms with van der Waals surface area (Å²) < 4.78 is 57.2. The van der Waals surface area contributed by atoms with E-state index in [1.165, 1.54) is 10.4 Å². The van der Waals surface area contributed by atoms with Crippen LogP contribution in [0.25, 0.3) is 0 Å². The maximum Gasteiger partial charge on any atom is 0.243 e. The summed E-state index contributed by atoms with van der Waals surface area (Å²) in [7, 11) is -7.27. The molecular weight excluding hydrogens is 388 g/mol. The van der Waals surface area contributed by atoms with E-state index in [0.717, 1.165) is 12.0 Å². The second-order valence-electron chi connectivity index (χ2n) is 6.92. The molecule has 1 saturated heterocycles. The van der Waals surface area contributed by atoms with Crippen molar-refractivity contribution in [2.75, 3.05) is 32.4 Å². The van der Waals surface area contributed by atoms with E-state index in [4.69, 9.17) is 4.42 Å². The topological polar surface area (TPSA) is 87.9 Å². The lowest BCUT2D eigenvalue weighted by Crippen LogP contribution is -2.48. The smallest absolute Gasteiger partial charge is 0.243 e. The third kappa shape index (κ3) is 4.26. The van der Waals surface area contributed by atoms with Crippen molar-refractivity contribution in [3.63, 3.8) is 0 Å². The van der Waals surface area contributed by atoms with E-state index >= 15 is 0 Å². The normalized spacial score (nSPS) is 17.3. The van der Waals surface area contributed by atoms with E-state index in [-0.39, 0.29) is 15.4 Å². The van der Waals surface area contributed by atoms with Gasteiger partial charge in [0.2, 0.25) is 10.0 Å². The second kappa shape index (κ2) is 7.38. The minimum absolute atomic E-state index is 0.0672. The van der Waals surface area contributed by atoms with Gasteiger partial charge in [0.05, 0.1) is 22.6 Å². The number of aryl methyl sites for hydroxylation is 1. The van der Waals surface area contributed by atoms with Gasteiger partial charge in [0, 0.05) is 32.4 Å². The first kappa shape index (κ1) is 20.1. The van der Waals surface area contributed by atoms with Crippen molar-refractivity contribution in [2.24, 2.45) is 0 Å². The average molecular weight is 413 g/mol. The Morgan fingerprint density at radius 3 is 2.19 bits per heavy atom. The summed E-state index contributed by atoms with van der Waals surface area (Å²) in [5.74, 6) is 0.846. The highest BCUT2D eigenvalue weighted by molar-refractivity contribution is 7.91. The van der Waals surface area contributed by atoms with Crippen molar-refractivity contribution in [1.29, 1.82) is 0 Å². The number of hydrogen-bond acceptors (Lipinski definition) is 6. The van der Waals surface area contributed by atoms with Gasteiger partial charge in [0.25, 0.3) is 0 Å². The fourth-order valence-electron chi connectivity index (χ4n) is 3.34. The Kier molecular flexibility index (Phi) is 5.49. The Hall–Kier alpha value is -1.68. The Morgan fingerprint density at radius 1 is 1.00 bits per heavy atom. The Balaban J connectivity index is 1.83. The van der Waals surface area contributed by atoms with Crippen molar-refractivity contribution in [2.45, 2.75) is 30.2 Å². The van der Waals surface area contributed by atoms with Crippen molar-refractivity contribution in [3.05, 3.63) is 47.4 Å². The molecule has 1 aromatic carbocycles. The Labute approximate surface area is 160 Å². The first-order valence-corrected chi connectivity index (χ1v) is 12.0. The van der Waals surface area contributed by atoms with Crippen molar-refractivity contribution < 1.29 is 21.3 Å². The molecule has 3 rings (SSSR count). The third-order valence-corrected chi connectivity index (χ3v) is 8.01. The largest absolute Gasteiger partial charge is 0.468 e. The minimum Gasteiger partial charge on any atom is -0.468 e. The quantitative estimate of drug-likeness (QED) is 0.744. The maximum atomic E-state index is 13.2. The number of hydrogen-bond donors (Lipinski definition) is 0. The number of furan rings is 1. The zero-order chi connectivity index (χ0) is 19.8. The van der Waals surface area contributed by atoms with E-state index in [1.54, 1.807) is 26.2 Å². The first-order chi connectivity index (χ1) is 12.6. The van der Waals surface area contributed by atoms with Crippen LogP contribution in [0.1, 0.15) is 16.9 Å². The Bertz CT molecular complexity index is 1020. The minimum atomic E-state index is -3.76. The zero-order valence-electron chi connectivity index (χ0n) is 15.7. The van der Waals surface area contributed by atoms with Gasteiger partial charge in [-0.2, -0.15) is 4.31 Å². The summed E-state index contributed by atoms with van der Waals surface area (Å²) >= 11 is 0. The van der Waals surface area contributed by atoms with Crippen molar-refractivity contribution in [3.8, 4) is 0 Å². The standard InChI is InChI=1S/C18H24N2O5S2/c1-14-11-17(26(3,21)22)15(2)18(12-14)27(23,24)20-8-6-19(7-9-20)13-16-5-4-10-25-16/h4-5,10-12H,6-9,13H2,1-3H3. The summed E-state index contributed by atoms with van der Waals surface area (Å²) in [6.45, 7) is 5.77. The van der Waals surface area contributed by atoms with Gasteiger partial charge in [-0.25, -0.2) is 16.8 Å². The molecule has 0 atom stereocenters. The molecule has 0 unspecified atom stereocenters. The molecule has 0 aliphatic carbocycles. The molecule has 0 saturated carbocycles. The van der Waals surface area contributed by atoms with Crippen LogP contribution in [0.5, 0.6) is 0 Å². The van der Waals surface area contributed by atoms with Crippen LogP contribution in [0.15, 0.2) is 44.7 Å². The van der Waals surface area contributed by atoms with Gasteiger partial charge in [0.1, 0.15) is 5.76 Å². The molecule has 1 fully saturated rings. The molecule has 2 aromatic rings. The molecule has 148 valence electrons. The number of piperazine rings is 1. The monoisotopic (exact) mass is 412 g/mol. The molecule has 0 radical (unpaired) electrons. The number of benzene rings is 1. The van der Waals surface area contributed by atoms with Gasteiger partial charge in [-0.3, -0.25) is 4.90 Å². The number of sulfonamides is 1. The van der Waals surface area contributed by atoms with Crippen LogP contribution in [0.4, 0.5) is 0 Å². The Morgan fingerprint density at radius 2 is 1.63 bits per heavy atom. The molecule has 1 aliphatic rings. The van der Waals surface area contributed by atoms with Crippen molar-refractivity contribution in [1.82, 2.24) is 9.21 Å². The predicted octanol–water partition coefficient (Wildman–Crippen LogP) is 1.81. The highest BCUT2D eigenvalue weighted by atomic mass is 32.2. The van der Waals surface area contributed by atoms with Crippen LogP contribution < -0.4 is 0 Å². The number of nitrogens with zero attached hydrogens (tertiary/aromatic N) is 2. The fraction of sp³-hybridized carbons (Fsp3) is 0.444. The zero-order valence-corrected chi connectivity index (χ0v) is 17.3. The SMILES string of the molecule is Cc1cc(S(C)(=O)=O)c(C)c(S(=O)(=O)N2CCN(Cc3ccco3)CC2)c1. The lowest BCUT2D eigenvalue weighted by atomic mass is 10.2. The summed E-state index contributed by atoms with van der Waals surface area (Å²) in [5.41, 5.74) is 0.886. The summed E-state index contributed by atoms with van der Waals surface area (Å²) in [4.78, 5) is 2.27. The molecular formula is C18H24N2O5S2. The molecule has 7 nitrogen and oxygen atoms in total. The molecule has 1 aromatic heterocycles. The van der Waals surface area contributed by atoms with E-state index in [9.17, 15) is 16.8 Å². The van der Waals surface area contributed by atoms with Gasteiger partial charge < -0.3 is 4.42 Å². The van der Waals surface area contributed by atoms with Gasteiger partial charge >= 0.3 is 0 Å². The molecule has 2 heterocycles. The summed E-state index contributed by atoms with van der Waals surface area (Å²) in [6, 6.07) is 6.79. The lowest BCUT2D eigenvalue weighted by molar-refractivity contribution is 0.171. The molecule has 9 heteroatoms. The number of rotatable bonds is 5. The number of sulfone groups is 1. The fourth-order valence-corrected chi connectivity index (χ4v) is 6.22. The molecule has 27 heavy (non-hydrogen) atoms. The van der Waals surface area contributed by atoms with Gasteiger partial charge in [0.15, 0.2) is 9.84 Å². The van der Waals surface area contributed by atoms with Crippen LogP contribution in [0, 0.1) is 13.8 Å². The van der Waals surface area contributed by atoms with E-state index in [0.29, 0.717) is 38.3 Å². The van der Waals surface area contributed by atoms with Crippen LogP contribution >= 0.6 is 0 Å². The molecule has 0 amide bonds. The highest BCUT2D eigenvalue weighted by Crippen LogP contribution is 2.28. The van der Waals surface area contributed by atoms with E-state index in [1.807, 2.05) is 12.1 Å². The van der Waals surface area contributed by atoms with Gasteiger partial charge in [-0.05, 0) is 49.2 Å². The van der Waals surface area contributed by atoms with Crippen LogP contribution in [-0.4, -0.2) is 58.5 Å². The van der Waals surface area contributed by atoms with E-state index in [2.05, 4.69) is 4.90 Å².